The smallest absolute Gasteiger partial charge is 0.374 e. The van der Waals surface area contributed by atoms with Crippen molar-refractivity contribution in [2.45, 2.75) is 59.1 Å². The third-order valence-electron chi connectivity index (χ3n) is 2.93. The summed E-state index contributed by atoms with van der Waals surface area (Å²) in [7, 11) is -2.61. The van der Waals surface area contributed by atoms with Gasteiger partial charge in [0, 0.05) is 31.9 Å². The molecule has 0 aliphatic rings. The minimum atomic E-state index is -2.61. The fourth-order valence-corrected chi connectivity index (χ4v) is 4.92. The van der Waals surface area contributed by atoms with Crippen LogP contribution in [0.2, 0.25) is 6.04 Å². The lowest BCUT2D eigenvalue weighted by Gasteiger charge is -2.32. The molecule has 0 aromatic heterocycles. The van der Waals surface area contributed by atoms with Gasteiger partial charge in [0.05, 0.1) is 6.61 Å². The Morgan fingerprint density at radius 1 is 1.05 bits per heavy atom. The van der Waals surface area contributed by atoms with Crippen LogP contribution >= 0.6 is 0 Å². The van der Waals surface area contributed by atoms with E-state index < -0.39 is 8.80 Å². The topological polar surface area (TPSA) is 75.0 Å². The summed E-state index contributed by atoms with van der Waals surface area (Å²) in [5, 5.41) is 0. The van der Waals surface area contributed by atoms with Gasteiger partial charge in [-0.05, 0) is 53.5 Å². The second kappa shape index (κ2) is 13.6. The highest BCUT2D eigenvalue weighted by Crippen LogP contribution is 2.21. The van der Waals surface area contributed by atoms with Gasteiger partial charge in [0.1, 0.15) is 0 Å². The van der Waals surface area contributed by atoms with E-state index in [0.29, 0.717) is 26.4 Å². The first-order valence-corrected chi connectivity index (χ1v) is 10.1. The highest BCUT2D eigenvalue weighted by molar-refractivity contribution is 6.60. The molecule has 0 aliphatic carbocycles. The highest BCUT2D eigenvalue weighted by Gasteiger charge is 2.41. The van der Waals surface area contributed by atoms with Crippen LogP contribution in [0.5, 0.6) is 0 Å². The molecular formula is C14H34N2O4Si. The predicted octanol–water partition coefficient (Wildman–Crippen LogP) is 2.07. The molecule has 0 aromatic rings. The van der Waals surface area contributed by atoms with Gasteiger partial charge in [-0.1, -0.05) is 0 Å². The van der Waals surface area contributed by atoms with E-state index in [0.717, 1.165) is 31.9 Å². The normalized spacial score (nSPS) is 13.6. The minimum Gasteiger partial charge on any atom is -0.374 e. The number of nitrogens with one attached hydrogen (secondary N) is 1. The van der Waals surface area contributed by atoms with Crippen LogP contribution in [-0.2, 0) is 18.1 Å². The molecule has 0 aromatic carbocycles. The van der Waals surface area contributed by atoms with Gasteiger partial charge in [0.15, 0.2) is 0 Å². The number of nitrogens with two attached hydrogens (primary N) is 1. The van der Waals surface area contributed by atoms with Gasteiger partial charge in [-0.2, -0.15) is 0 Å². The molecule has 0 saturated carbocycles. The van der Waals surface area contributed by atoms with Crippen LogP contribution in [0, 0.1) is 0 Å². The van der Waals surface area contributed by atoms with Crippen LogP contribution in [0.1, 0.15) is 47.0 Å². The van der Waals surface area contributed by atoms with Gasteiger partial charge >= 0.3 is 8.80 Å². The molecule has 0 fully saturated rings. The molecule has 128 valence electrons. The van der Waals surface area contributed by atoms with E-state index in [1.165, 1.54) is 0 Å². The molecule has 3 N–H and O–H groups in total. The molecule has 7 heteroatoms. The molecule has 0 amide bonds. The molecule has 6 nitrogen and oxygen atoms in total. The average Bonchev–Trinajstić information content (AvgIpc) is 2.45. The fraction of sp³-hybridized carbons (Fsp3) is 1.00. The zero-order chi connectivity index (χ0) is 16.0. The Morgan fingerprint density at radius 2 is 1.71 bits per heavy atom. The van der Waals surface area contributed by atoms with Crippen LogP contribution in [0.15, 0.2) is 0 Å². The lowest BCUT2D eigenvalue weighted by Crippen LogP contribution is -2.48. The number of rotatable bonds is 15. The van der Waals surface area contributed by atoms with Crippen molar-refractivity contribution in [3.05, 3.63) is 0 Å². The molecule has 1 unspecified atom stereocenters. The summed E-state index contributed by atoms with van der Waals surface area (Å²) in [5.41, 5.74) is 8.47. The Morgan fingerprint density at radius 3 is 2.24 bits per heavy atom. The third kappa shape index (κ3) is 10.3. The fourth-order valence-electron chi connectivity index (χ4n) is 2.07. The van der Waals surface area contributed by atoms with Gasteiger partial charge in [0.2, 0.25) is 0 Å². The first kappa shape index (κ1) is 21.0. The van der Waals surface area contributed by atoms with Crippen molar-refractivity contribution in [3.63, 3.8) is 0 Å². The maximum absolute atomic E-state index is 6.20. The molecule has 0 spiro atoms. The van der Waals surface area contributed by atoms with Crippen LogP contribution in [0.3, 0.4) is 0 Å². The molecule has 0 saturated heterocycles. The van der Waals surface area contributed by atoms with Crippen LogP contribution in [-0.4, -0.2) is 47.8 Å². The van der Waals surface area contributed by atoms with Crippen molar-refractivity contribution < 1.29 is 18.1 Å². The quantitative estimate of drug-likeness (QED) is 0.273. The zero-order valence-corrected chi connectivity index (χ0v) is 15.2. The highest BCUT2D eigenvalue weighted by atomic mass is 28.4. The van der Waals surface area contributed by atoms with Crippen molar-refractivity contribution in [3.8, 4) is 0 Å². The first-order valence-electron chi connectivity index (χ1n) is 8.14. The second-order valence-electron chi connectivity index (χ2n) is 4.84. The number of hydrogen-bond donors (Lipinski definition) is 2. The van der Waals surface area contributed by atoms with E-state index in [9.17, 15) is 0 Å². The van der Waals surface area contributed by atoms with E-state index in [2.05, 4.69) is 12.4 Å². The maximum Gasteiger partial charge on any atom is 0.501 e. The first-order chi connectivity index (χ1) is 10.1. The standard InChI is InChI=1S/C14H34N2O4Si/c1-5-17-16-12-9-13-21(18-6-2,19-7-3)20-14(4)10-8-11-15/h14,16H,5-13,15H2,1-4H3. The SMILES string of the molecule is CCONCCC[Si](OCC)(OCC)OC(C)CCCN. The molecule has 0 radical (unpaired) electrons. The number of hydroxylamine groups is 1. The Hall–Kier alpha value is -0.0231. The maximum atomic E-state index is 6.20. The van der Waals surface area contributed by atoms with Gasteiger partial charge in [0.25, 0.3) is 0 Å². The van der Waals surface area contributed by atoms with Crippen molar-refractivity contribution in [2.24, 2.45) is 5.73 Å². The van der Waals surface area contributed by atoms with E-state index >= 15 is 0 Å². The van der Waals surface area contributed by atoms with Gasteiger partial charge in [-0.3, -0.25) is 0 Å². The van der Waals surface area contributed by atoms with Crippen LogP contribution in [0.4, 0.5) is 0 Å². The molecule has 0 aliphatic heterocycles. The lowest BCUT2D eigenvalue weighted by molar-refractivity contribution is 0.0305. The van der Waals surface area contributed by atoms with E-state index in [-0.39, 0.29) is 6.10 Å². The summed E-state index contributed by atoms with van der Waals surface area (Å²) < 4.78 is 18.0. The summed E-state index contributed by atoms with van der Waals surface area (Å²) in [6.07, 6.45) is 2.90. The van der Waals surface area contributed by atoms with Crippen LogP contribution < -0.4 is 11.2 Å². The summed E-state index contributed by atoms with van der Waals surface area (Å²) in [6, 6.07) is 0.793. The molecule has 1 atom stereocenters. The third-order valence-corrected chi connectivity index (χ3v) is 6.12. The van der Waals surface area contributed by atoms with Gasteiger partial charge < -0.3 is 23.8 Å². The Labute approximate surface area is 131 Å². The Balaban J connectivity index is 4.42. The predicted molar refractivity (Wildman–Crippen MR) is 86.9 cm³/mol. The summed E-state index contributed by atoms with van der Waals surface area (Å²) >= 11 is 0. The zero-order valence-electron chi connectivity index (χ0n) is 14.2. The monoisotopic (exact) mass is 322 g/mol. The van der Waals surface area contributed by atoms with Crippen molar-refractivity contribution >= 4 is 8.80 Å². The molecule has 0 bridgehead atoms. The van der Waals surface area contributed by atoms with Crippen molar-refractivity contribution in [1.29, 1.82) is 0 Å². The average molecular weight is 323 g/mol. The number of hydrogen-bond acceptors (Lipinski definition) is 6. The minimum absolute atomic E-state index is 0.109. The molecule has 0 heterocycles. The van der Waals surface area contributed by atoms with E-state index in [4.69, 9.17) is 23.8 Å². The van der Waals surface area contributed by atoms with Crippen molar-refractivity contribution in [2.75, 3.05) is 32.9 Å². The van der Waals surface area contributed by atoms with Gasteiger partial charge in [-0.25, -0.2) is 5.48 Å². The molecular weight excluding hydrogens is 288 g/mol. The van der Waals surface area contributed by atoms with Crippen LogP contribution in [0.25, 0.3) is 0 Å². The Kier molecular flexibility index (Phi) is 13.6. The largest absolute Gasteiger partial charge is 0.501 e. The van der Waals surface area contributed by atoms with Crippen molar-refractivity contribution in [1.82, 2.24) is 5.48 Å². The summed E-state index contributed by atoms with van der Waals surface area (Å²) in [6.45, 7) is 11.3. The lowest BCUT2D eigenvalue weighted by atomic mass is 10.2. The molecule has 21 heavy (non-hydrogen) atoms. The van der Waals surface area contributed by atoms with Gasteiger partial charge in [-0.15, -0.1) is 0 Å². The van der Waals surface area contributed by atoms with E-state index in [1.807, 2.05) is 20.8 Å². The summed E-state index contributed by atoms with van der Waals surface area (Å²) in [4.78, 5) is 5.13. The second-order valence-corrected chi connectivity index (χ2v) is 7.52. The summed E-state index contributed by atoms with van der Waals surface area (Å²) in [5.74, 6) is 0. The Bertz CT molecular complexity index is 229. The van der Waals surface area contributed by atoms with E-state index in [1.54, 1.807) is 0 Å². The molecule has 0 rings (SSSR count).